The van der Waals surface area contributed by atoms with Gasteiger partial charge in [-0.1, -0.05) is 12.1 Å². The number of imidazole rings is 1. The zero-order valence-corrected chi connectivity index (χ0v) is 9.87. The largest absolute Gasteiger partial charge is 0.333 e. The van der Waals surface area contributed by atoms with E-state index in [9.17, 15) is 9.59 Å². The number of amides is 1. The Morgan fingerprint density at radius 3 is 2.78 bits per heavy atom. The van der Waals surface area contributed by atoms with Gasteiger partial charge in [0.25, 0.3) is 0 Å². The van der Waals surface area contributed by atoms with Crippen LogP contribution in [-0.2, 0) is 16.1 Å². The van der Waals surface area contributed by atoms with Gasteiger partial charge in [0.2, 0.25) is 5.91 Å². The van der Waals surface area contributed by atoms with E-state index in [1.807, 2.05) is 28.8 Å². The van der Waals surface area contributed by atoms with Crippen LogP contribution in [0.3, 0.4) is 0 Å². The van der Waals surface area contributed by atoms with Gasteiger partial charge in [0, 0.05) is 13.1 Å². The number of fused-ring (bicyclic) bond motifs is 1. The number of likely N-dealkylation sites (tertiary alicyclic amines) is 1. The smallest absolute Gasteiger partial charge is 0.230 e. The molecule has 5 heteroatoms. The average molecular weight is 243 g/mol. The first-order chi connectivity index (χ1) is 8.74. The first-order valence-electron chi connectivity index (χ1n) is 5.93. The normalized spacial score (nSPS) is 15.9. The van der Waals surface area contributed by atoms with Gasteiger partial charge >= 0.3 is 0 Å². The van der Waals surface area contributed by atoms with Gasteiger partial charge in [0.05, 0.1) is 30.3 Å². The Morgan fingerprint density at radius 2 is 2.00 bits per heavy atom. The summed E-state index contributed by atoms with van der Waals surface area (Å²) < 4.78 is 2.01. The molecule has 1 aromatic heterocycles. The second-order valence-corrected chi connectivity index (χ2v) is 4.46. The molecular weight excluding hydrogens is 230 g/mol. The summed E-state index contributed by atoms with van der Waals surface area (Å²) in [5.41, 5.74) is 2.00. The summed E-state index contributed by atoms with van der Waals surface area (Å²) >= 11 is 0. The van der Waals surface area contributed by atoms with E-state index in [1.165, 1.54) is 0 Å². The highest BCUT2D eigenvalue weighted by Crippen LogP contribution is 2.12. The van der Waals surface area contributed by atoms with Crippen LogP contribution in [0.2, 0.25) is 0 Å². The highest BCUT2D eigenvalue weighted by atomic mass is 16.2. The number of rotatable bonds is 3. The Morgan fingerprint density at radius 1 is 1.17 bits per heavy atom. The van der Waals surface area contributed by atoms with Gasteiger partial charge in [-0.3, -0.25) is 9.59 Å². The van der Waals surface area contributed by atoms with Crippen molar-refractivity contribution < 1.29 is 9.59 Å². The SMILES string of the molecule is O=C1CC(=O)N(CCn2cnc3ccccc32)C1. The number of nitrogens with zero attached hydrogens (tertiary/aromatic N) is 3. The zero-order valence-electron chi connectivity index (χ0n) is 9.87. The number of ketones is 1. The number of hydrogen-bond donors (Lipinski definition) is 0. The number of benzene rings is 1. The Hall–Kier alpha value is -2.17. The van der Waals surface area contributed by atoms with E-state index < -0.39 is 0 Å². The quantitative estimate of drug-likeness (QED) is 0.750. The third kappa shape index (κ3) is 1.88. The van der Waals surface area contributed by atoms with Crippen LogP contribution in [0.1, 0.15) is 6.42 Å². The Labute approximate surface area is 104 Å². The summed E-state index contributed by atoms with van der Waals surface area (Å²) in [5, 5.41) is 0. The van der Waals surface area contributed by atoms with Crippen molar-refractivity contribution in [2.45, 2.75) is 13.0 Å². The monoisotopic (exact) mass is 243 g/mol. The van der Waals surface area contributed by atoms with E-state index in [0.717, 1.165) is 11.0 Å². The van der Waals surface area contributed by atoms with Gasteiger partial charge < -0.3 is 9.47 Å². The van der Waals surface area contributed by atoms with Crippen LogP contribution in [0.4, 0.5) is 0 Å². The first kappa shape index (κ1) is 11.0. The maximum Gasteiger partial charge on any atom is 0.230 e. The minimum atomic E-state index is -0.0654. The molecule has 0 atom stereocenters. The van der Waals surface area contributed by atoms with Crippen LogP contribution in [-0.4, -0.2) is 39.2 Å². The molecule has 0 N–H and O–H groups in total. The number of carbonyl (C=O) groups is 2. The highest BCUT2D eigenvalue weighted by molar-refractivity contribution is 6.05. The summed E-state index contributed by atoms with van der Waals surface area (Å²) in [6.07, 6.45) is 1.83. The molecule has 1 aliphatic heterocycles. The second kappa shape index (κ2) is 4.25. The fourth-order valence-electron chi connectivity index (χ4n) is 2.26. The molecule has 1 aliphatic rings. The molecule has 1 amide bonds. The predicted octanol–water partition coefficient (Wildman–Crippen LogP) is 0.838. The molecular formula is C13H13N3O2. The second-order valence-electron chi connectivity index (χ2n) is 4.46. The Kier molecular flexibility index (Phi) is 2.59. The van der Waals surface area contributed by atoms with Crippen LogP contribution < -0.4 is 0 Å². The van der Waals surface area contributed by atoms with E-state index in [1.54, 1.807) is 11.2 Å². The minimum absolute atomic E-state index is 0.00971. The molecule has 0 bridgehead atoms. The topological polar surface area (TPSA) is 55.2 Å². The van der Waals surface area contributed by atoms with Crippen molar-refractivity contribution in [2.24, 2.45) is 0 Å². The van der Waals surface area contributed by atoms with Crippen molar-refractivity contribution in [3.8, 4) is 0 Å². The Bertz CT molecular complexity index is 617. The third-order valence-electron chi connectivity index (χ3n) is 3.21. The number of aromatic nitrogens is 2. The number of hydrogen-bond acceptors (Lipinski definition) is 3. The molecule has 2 aromatic rings. The van der Waals surface area contributed by atoms with Crippen molar-refractivity contribution >= 4 is 22.7 Å². The van der Waals surface area contributed by atoms with Crippen molar-refractivity contribution in [3.05, 3.63) is 30.6 Å². The van der Waals surface area contributed by atoms with E-state index in [0.29, 0.717) is 13.1 Å². The lowest BCUT2D eigenvalue weighted by molar-refractivity contribution is -0.127. The summed E-state index contributed by atoms with van der Waals surface area (Å²) in [5.74, 6) is -0.0556. The highest BCUT2D eigenvalue weighted by Gasteiger charge is 2.26. The maximum absolute atomic E-state index is 11.5. The molecule has 92 valence electrons. The van der Waals surface area contributed by atoms with Gasteiger partial charge in [0.15, 0.2) is 5.78 Å². The third-order valence-corrected chi connectivity index (χ3v) is 3.21. The fourth-order valence-corrected chi connectivity index (χ4v) is 2.26. The van der Waals surface area contributed by atoms with E-state index in [4.69, 9.17) is 0 Å². The van der Waals surface area contributed by atoms with Gasteiger partial charge in [0.1, 0.15) is 0 Å². The van der Waals surface area contributed by atoms with Crippen molar-refractivity contribution in [2.75, 3.05) is 13.1 Å². The fraction of sp³-hybridized carbons (Fsp3) is 0.308. The molecule has 3 rings (SSSR count). The van der Waals surface area contributed by atoms with Crippen LogP contribution in [0.5, 0.6) is 0 Å². The zero-order chi connectivity index (χ0) is 12.5. The molecule has 0 unspecified atom stereocenters. The van der Waals surface area contributed by atoms with Crippen molar-refractivity contribution in [1.29, 1.82) is 0 Å². The summed E-state index contributed by atoms with van der Waals surface area (Å²) in [6, 6.07) is 7.86. The number of carbonyl (C=O) groups excluding carboxylic acids is 2. The summed E-state index contributed by atoms with van der Waals surface area (Å²) in [6.45, 7) is 1.48. The van der Waals surface area contributed by atoms with Gasteiger partial charge in [-0.15, -0.1) is 0 Å². The molecule has 18 heavy (non-hydrogen) atoms. The van der Waals surface area contributed by atoms with Crippen molar-refractivity contribution in [3.63, 3.8) is 0 Å². The van der Waals surface area contributed by atoms with Crippen LogP contribution in [0.25, 0.3) is 11.0 Å². The van der Waals surface area contributed by atoms with E-state index >= 15 is 0 Å². The van der Waals surface area contributed by atoms with Gasteiger partial charge in [-0.05, 0) is 12.1 Å². The standard InChI is InChI=1S/C13H13N3O2/c17-10-7-13(18)15(8-10)5-6-16-9-14-11-3-1-2-4-12(11)16/h1-4,9H,5-8H2. The lowest BCUT2D eigenvalue weighted by Crippen LogP contribution is -2.28. The van der Waals surface area contributed by atoms with E-state index in [2.05, 4.69) is 4.98 Å². The molecule has 0 spiro atoms. The summed E-state index contributed by atoms with van der Waals surface area (Å²) in [7, 11) is 0. The summed E-state index contributed by atoms with van der Waals surface area (Å²) in [4.78, 5) is 28.5. The van der Waals surface area contributed by atoms with Crippen molar-refractivity contribution in [1.82, 2.24) is 14.5 Å². The van der Waals surface area contributed by atoms with Crippen LogP contribution in [0.15, 0.2) is 30.6 Å². The number of Topliss-reactive ketones (excluding diaryl/α,β-unsaturated/α-hetero) is 1. The lowest BCUT2D eigenvalue weighted by Gasteiger charge is -2.14. The minimum Gasteiger partial charge on any atom is -0.333 e. The van der Waals surface area contributed by atoms with Crippen LogP contribution in [0, 0.1) is 0 Å². The molecule has 5 nitrogen and oxygen atoms in total. The Balaban J connectivity index is 1.74. The molecule has 0 radical (unpaired) electrons. The van der Waals surface area contributed by atoms with Gasteiger partial charge in [-0.2, -0.15) is 0 Å². The molecule has 0 saturated carbocycles. The molecule has 0 aliphatic carbocycles. The van der Waals surface area contributed by atoms with Crippen LogP contribution >= 0.6 is 0 Å². The van der Waals surface area contributed by atoms with E-state index in [-0.39, 0.29) is 24.7 Å². The molecule has 2 heterocycles. The first-order valence-corrected chi connectivity index (χ1v) is 5.93. The molecule has 1 aromatic carbocycles. The maximum atomic E-state index is 11.5. The van der Waals surface area contributed by atoms with Gasteiger partial charge in [-0.25, -0.2) is 4.98 Å². The average Bonchev–Trinajstić information content (AvgIpc) is 2.90. The lowest BCUT2D eigenvalue weighted by atomic mass is 10.3. The predicted molar refractivity (Wildman–Crippen MR) is 65.9 cm³/mol. The molecule has 1 fully saturated rings. The molecule has 1 saturated heterocycles. The number of para-hydroxylation sites is 2.